The Kier molecular flexibility index (Phi) is 8.86. The molecule has 0 aliphatic heterocycles. The van der Waals surface area contributed by atoms with Gasteiger partial charge >= 0.3 is 0 Å². The zero-order valence-corrected chi connectivity index (χ0v) is 23.6. The smallest absolute Gasteiger partial charge is 0.264 e. The SMILES string of the molecule is CCOc1ccc(N(CC(=O)NC(c2ccccc2)c2ccc(C)cc2)S(=O)(=O)c2ccc(Br)cc2)cc1. The van der Waals surface area contributed by atoms with Gasteiger partial charge < -0.3 is 10.1 Å². The highest BCUT2D eigenvalue weighted by Crippen LogP contribution is 2.28. The molecule has 0 saturated heterocycles. The van der Waals surface area contributed by atoms with E-state index in [0.717, 1.165) is 25.5 Å². The van der Waals surface area contributed by atoms with Gasteiger partial charge in [-0.25, -0.2) is 8.42 Å². The summed E-state index contributed by atoms with van der Waals surface area (Å²) < 4.78 is 34.9. The number of aryl methyl sites for hydroxylation is 1. The van der Waals surface area contributed by atoms with E-state index in [0.29, 0.717) is 18.0 Å². The number of nitrogens with one attached hydrogen (secondary N) is 1. The van der Waals surface area contributed by atoms with Crippen LogP contribution in [0.1, 0.15) is 29.7 Å². The van der Waals surface area contributed by atoms with Gasteiger partial charge in [-0.15, -0.1) is 0 Å². The molecule has 4 rings (SSSR count). The van der Waals surface area contributed by atoms with Gasteiger partial charge in [0.1, 0.15) is 12.3 Å². The normalized spacial score (nSPS) is 12.0. The number of carbonyl (C=O) groups excluding carboxylic acids is 1. The summed E-state index contributed by atoms with van der Waals surface area (Å²) in [5, 5.41) is 3.06. The van der Waals surface area contributed by atoms with Gasteiger partial charge in [0.05, 0.1) is 23.2 Å². The predicted octanol–water partition coefficient (Wildman–Crippen LogP) is 6.26. The van der Waals surface area contributed by atoms with E-state index in [4.69, 9.17) is 4.74 Å². The molecule has 0 fully saturated rings. The van der Waals surface area contributed by atoms with Crippen molar-refractivity contribution in [3.63, 3.8) is 0 Å². The third kappa shape index (κ3) is 6.62. The Hall–Kier alpha value is -3.62. The molecule has 1 N–H and O–H groups in total. The van der Waals surface area contributed by atoms with Gasteiger partial charge in [0.2, 0.25) is 5.91 Å². The van der Waals surface area contributed by atoms with E-state index >= 15 is 0 Å². The van der Waals surface area contributed by atoms with E-state index in [9.17, 15) is 13.2 Å². The molecule has 0 spiro atoms. The molecule has 0 radical (unpaired) electrons. The monoisotopic (exact) mass is 592 g/mol. The van der Waals surface area contributed by atoms with Crippen molar-refractivity contribution < 1.29 is 17.9 Å². The van der Waals surface area contributed by atoms with E-state index in [2.05, 4.69) is 21.2 Å². The molecule has 4 aromatic rings. The summed E-state index contributed by atoms with van der Waals surface area (Å²) in [6, 6.07) is 30.1. The molecule has 0 heterocycles. The highest BCUT2D eigenvalue weighted by atomic mass is 79.9. The highest BCUT2D eigenvalue weighted by Gasteiger charge is 2.28. The van der Waals surface area contributed by atoms with Crippen LogP contribution in [0.15, 0.2) is 112 Å². The molecule has 0 bridgehead atoms. The Bertz CT molecular complexity index is 1460. The van der Waals surface area contributed by atoms with Crippen molar-refractivity contribution in [1.29, 1.82) is 0 Å². The van der Waals surface area contributed by atoms with Crippen molar-refractivity contribution in [3.05, 3.63) is 124 Å². The van der Waals surface area contributed by atoms with Crippen LogP contribution in [0.5, 0.6) is 5.75 Å². The summed E-state index contributed by atoms with van der Waals surface area (Å²) in [6.45, 7) is 3.96. The average molecular weight is 594 g/mol. The molecular weight excluding hydrogens is 564 g/mol. The Morgan fingerprint density at radius 3 is 2.08 bits per heavy atom. The van der Waals surface area contributed by atoms with E-state index in [-0.39, 0.29) is 4.90 Å². The van der Waals surface area contributed by atoms with Crippen molar-refractivity contribution in [1.82, 2.24) is 5.32 Å². The number of sulfonamides is 1. The third-order valence-electron chi connectivity index (χ3n) is 5.97. The highest BCUT2D eigenvalue weighted by molar-refractivity contribution is 9.10. The minimum Gasteiger partial charge on any atom is -0.494 e. The number of amides is 1. The lowest BCUT2D eigenvalue weighted by molar-refractivity contribution is -0.120. The summed E-state index contributed by atoms with van der Waals surface area (Å²) in [5.74, 6) is 0.180. The molecule has 1 amide bonds. The Morgan fingerprint density at radius 2 is 1.47 bits per heavy atom. The summed E-state index contributed by atoms with van der Waals surface area (Å²) in [6.07, 6.45) is 0. The minimum absolute atomic E-state index is 0.0838. The van der Waals surface area contributed by atoms with Crippen LogP contribution in [0.3, 0.4) is 0 Å². The zero-order valence-electron chi connectivity index (χ0n) is 21.2. The van der Waals surface area contributed by atoms with E-state index in [1.165, 1.54) is 12.1 Å². The van der Waals surface area contributed by atoms with Crippen molar-refractivity contribution in [2.45, 2.75) is 24.8 Å². The predicted molar refractivity (Wildman–Crippen MR) is 154 cm³/mol. The summed E-state index contributed by atoms with van der Waals surface area (Å²) in [7, 11) is -4.05. The second-order valence-electron chi connectivity index (χ2n) is 8.71. The lowest BCUT2D eigenvalue weighted by Gasteiger charge is -2.26. The summed E-state index contributed by atoms with van der Waals surface area (Å²) in [4.78, 5) is 13.6. The van der Waals surface area contributed by atoms with E-state index in [1.54, 1.807) is 36.4 Å². The zero-order chi connectivity index (χ0) is 27.1. The van der Waals surface area contributed by atoms with Crippen LogP contribution in [0.4, 0.5) is 5.69 Å². The van der Waals surface area contributed by atoms with Crippen molar-refractivity contribution in [3.8, 4) is 5.75 Å². The number of hydrogen-bond donors (Lipinski definition) is 1. The minimum atomic E-state index is -4.05. The maximum atomic E-state index is 13.8. The van der Waals surface area contributed by atoms with Crippen LogP contribution in [0.25, 0.3) is 0 Å². The number of carbonyl (C=O) groups is 1. The maximum absolute atomic E-state index is 13.8. The second kappa shape index (κ2) is 12.3. The van der Waals surface area contributed by atoms with Gasteiger partial charge in [0.25, 0.3) is 10.0 Å². The topological polar surface area (TPSA) is 75.7 Å². The molecule has 0 aliphatic rings. The molecule has 0 saturated carbocycles. The molecule has 38 heavy (non-hydrogen) atoms. The Labute approximate surface area is 232 Å². The van der Waals surface area contributed by atoms with Gasteiger partial charge in [-0.05, 0) is 73.5 Å². The number of ether oxygens (including phenoxy) is 1. The third-order valence-corrected chi connectivity index (χ3v) is 8.29. The maximum Gasteiger partial charge on any atom is 0.264 e. The molecular formula is C30H29BrN2O4S. The Morgan fingerprint density at radius 1 is 0.868 bits per heavy atom. The first-order valence-corrected chi connectivity index (χ1v) is 14.4. The van der Waals surface area contributed by atoms with Crippen LogP contribution in [0, 0.1) is 6.92 Å². The number of nitrogens with zero attached hydrogens (tertiary/aromatic N) is 1. The lowest BCUT2D eigenvalue weighted by atomic mass is 9.98. The number of benzene rings is 4. The number of rotatable bonds is 10. The van der Waals surface area contributed by atoms with Crippen LogP contribution in [0.2, 0.25) is 0 Å². The molecule has 1 unspecified atom stereocenters. The van der Waals surface area contributed by atoms with Crippen LogP contribution >= 0.6 is 15.9 Å². The Balaban J connectivity index is 1.67. The molecule has 1 atom stereocenters. The molecule has 6 nitrogen and oxygen atoms in total. The van der Waals surface area contributed by atoms with Gasteiger partial charge in [-0.2, -0.15) is 0 Å². The van der Waals surface area contributed by atoms with Crippen LogP contribution in [-0.4, -0.2) is 27.5 Å². The van der Waals surface area contributed by atoms with Crippen molar-refractivity contribution in [2.24, 2.45) is 0 Å². The first-order valence-electron chi connectivity index (χ1n) is 12.2. The first-order chi connectivity index (χ1) is 18.3. The molecule has 0 aliphatic carbocycles. The van der Waals surface area contributed by atoms with Crippen LogP contribution in [-0.2, 0) is 14.8 Å². The second-order valence-corrected chi connectivity index (χ2v) is 11.5. The van der Waals surface area contributed by atoms with E-state index in [1.807, 2.05) is 68.4 Å². The standard InChI is InChI=1S/C30H29BrN2O4S/c1-3-37-27-17-15-26(16-18-27)33(38(35,36)28-19-13-25(31)14-20-28)21-29(34)32-30(23-7-5-4-6-8-23)24-11-9-22(2)10-12-24/h4-20,30H,3,21H2,1-2H3,(H,32,34). The largest absolute Gasteiger partial charge is 0.494 e. The van der Waals surface area contributed by atoms with Gasteiger partial charge in [-0.1, -0.05) is 76.1 Å². The first kappa shape index (κ1) is 27.4. The fourth-order valence-electron chi connectivity index (χ4n) is 4.02. The van der Waals surface area contributed by atoms with E-state index < -0.39 is 28.5 Å². The summed E-state index contributed by atoms with van der Waals surface area (Å²) >= 11 is 3.35. The quantitative estimate of drug-likeness (QED) is 0.236. The number of halogens is 1. The van der Waals surface area contributed by atoms with Gasteiger partial charge in [-0.3, -0.25) is 9.10 Å². The molecule has 0 aromatic heterocycles. The summed E-state index contributed by atoms with van der Waals surface area (Å²) in [5.41, 5.74) is 3.26. The fraction of sp³-hybridized carbons (Fsp3) is 0.167. The van der Waals surface area contributed by atoms with Crippen LogP contribution < -0.4 is 14.4 Å². The van der Waals surface area contributed by atoms with Gasteiger partial charge in [0, 0.05) is 4.47 Å². The molecule has 4 aromatic carbocycles. The molecule has 8 heteroatoms. The number of anilines is 1. The van der Waals surface area contributed by atoms with Crippen molar-refractivity contribution >= 4 is 37.5 Å². The lowest BCUT2D eigenvalue weighted by Crippen LogP contribution is -2.42. The number of hydrogen-bond acceptors (Lipinski definition) is 4. The van der Waals surface area contributed by atoms with Crippen molar-refractivity contribution in [2.75, 3.05) is 17.5 Å². The van der Waals surface area contributed by atoms with Gasteiger partial charge in [0.15, 0.2) is 0 Å². The molecule has 196 valence electrons. The fourth-order valence-corrected chi connectivity index (χ4v) is 5.71. The average Bonchev–Trinajstić information content (AvgIpc) is 2.92.